The second kappa shape index (κ2) is 7.13. The molecule has 1 amide bonds. The lowest BCUT2D eigenvalue weighted by Crippen LogP contribution is -2.13. The van der Waals surface area contributed by atoms with E-state index >= 15 is 0 Å². The van der Waals surface area contributed by atoms with Crippen LogP contribution >= 0.6 is 11.3 Å². The molecule has 0 aliphatic rings. The van der Waals surface area contributed by atoms with Crippen LogP contribution in [0.2, 0.25) is 0 Å². The Morgan fingerprint density at radius 1 is 1.11 bits per heavy atom. The molecule has 0 fully saturated rings. The van der Waals surface area contributed by atoms with Crippen LogP contribution in [0.25, 0.3) is 16.2 Å². The number of ether oxygens (including phenoxy) is 2. The maximum absolute atomic E-state index is 12.6. The van der Waals surface area contributed by atoms with Gasteiger partial charge < -0.3 is 14.8 Å². The molecule has 0 saturated carbocycles. The quantitative estimate of drug-likeness (QED) is 0.560. The monoisotopic (exact) mass is 379 g/mol. The Bertz CT molecular complexity index is 1070. The third kappa shape index (κ3) is 3.37. The van der Waals surface area contributed by atoms with Crippen molar-refractivity contribution in [2.24, 2.45) is 0 Å². The van der Waals surface area contributed by atoms with Gasteiger partial charge in [0.2, 0.25) is 0 Å². The number of methoxy groups -OCH3 is 2. The molecule has 0 aliphatic heterocycles. The Balaban J connectivity index is 1.54. The molecule has 7 heteroatoms. The van der Waals surface area contributed by atoms with E-state index in [1.165, 1.54) is 7.11 Å². The molecule has 0 saturated heterocycles. The summed E-state index contributed by atoms with van der Waals surface area (Å²) < 4.78 is 12.5. The highest BCUT2D eigenvalue weighted by Gasteiger charge is 2.14. The SMILES string of the molecule is COc1ccc(OC)c(C(=O)Nc2ccc(-c3cn4ccsc4n3)cc2)c1. The van der Waals surface area contributed by atoms with Gasteiger partial charge in [-0.05, 0) is 30.3 Å². The largest absolute Gasteiger partial charge is 0.497 e. The molecule has 27 heavy (non-hydrogen) atoms. The van der Waals surface area contributed by atoms with E-state index in [-0.39, 0.29) is 5.91 Å². The minimum atomic E-state index is -0.263. The molecule has 0 spiro atoms. The summed E-state index contributed by atoms with van der Waals surface area (Å²) in [6, 6.07) is 12.7. The van der Waals surface area contributed by atoms with Crippen molar-refractivity contribution < 1.29 is 14.3 Å². The number of hydrogen-bond donors (Lipinski definition) is 1. The Labute approximate surface area is 160 Å². The van der Waals surface area contributed by atoms with Gasteiger partial charge in [0.05, 0.1) is 25.5 Å². The average molecular weight is 379 g/mol. The van der Waals surface area contributed by atoms with Crippen molar-refractivity contribution in [1.29, 1.82) is 0 Å². The number of thiazole rings is 1. The molecule has 0 bridgehead atoms. The normalized spacial score (nSPS) is 10.7. The average Bonchev–Trinajstić information content (AvgIpc) is 3.30. The summed E-state index contributed by atoms with van der Waals surface area (Å²) in [6.45, 7) is 0. The van der Waals surface area contributed by atoms with Crippen LogP contribution in [0.5, 0.6) is 11.5 Å². The number of nitrogens with one attached hydrogen (secondary N) is 1. The van der Waals surface area contributed by atoms with Gasteiger partial charge in [0.25, 0.3) is 5.91 Å². The highest BCUT2D eigenvalue weighted by molar-refractivity contribution is 7.15. The smallest absolute Gasteiger partial charge is 0.259 e. The molecule has 0 atom stereocenters. The molecule has 0 unspecified atom stereocenters. The van der Waals surface area contributed by atoms with Gasteiger partial charge in [0.1, 0.15) is 11.5 Å². The summed E-state index contributed by atoms with van der Waals surface area (Å²) >= 11 is 1.59. The molecule has 136 valence electrons. The first-order valence-electron chi connectivity index (χ1n) is 8.24. The number of amides is 1. The van der Waals surface area contributed by atoms with Crippen molar-refractivity contribution in [3.8, 4) is 22.8 Å². The van der Waals surface area contributed by atoms with E-state index in [0.29, 0.717) is 22.7 Å². The van der Waals surface area contributed by atoms with Crippen molar-refractivity contribution >= 4 is 27.9 Å². The number of rotatable bonds is 5. The minimum absolute atomic E-state index is 0.263. The lowest BCUT2D eigenvalue weighted by atomic mass is 10.1. The fourth-order valence-electron chi connectivity index (χ4n) is 2.78. The van der Waals surface area contributed by atoms with E-state index in [9.17, 15) is 4.79 Å². The minimum Gasteiger partial charge on any atom is -0.497 e. The van der Waals surface area contributed by atoms with Crippen LogP contribution < -0.4 is 14.8 Å². The number of aromatic nitrogens is 2. The molecule has 0 radical (unpaired) electrons. The number of benzene rings is 2. The Kier molecular flexibility index (Phi) is 4.52. The zero-order valence-electron chi connectivity index (χ0n) is 14.8. The predicted octanol–water partition coefficient (Wildman–Crippen LogP) is 4.33. The number of carbonyl (C=O) groups excluding carboxylic acids is 1. The van der Waals surface area contributed by atoms with Crippen molar-refractivity contribution in [3.63, 3.8) is 0 Å². The van der Waals surface area contributed by atoms with E-state index in [0.717, 1.165) is 16.2 Å². The molecular formula is C20H17N3O3S. The highest BCUT2D eigenvalue weighted by Crippen LogP contribution is 2.26. The van der Waals surface area contributed by atoms with E-state index in [1.54, 1.807) is 36.6 Å². The summed E-state index contributed by atoms with van der Waals surface area (Å²) in [6.07, 6.45) is 3.97. The van der Waals surface area contributed by atoms with Gasteiger partial charge in [0.15, 0.2) is 4.96 Å². The Hall–Kier alpha value is -3.32. The van der Waals surface area contributed by atoms with Gasteiger partial charge >= 0.3 is 0 Å². The topological polar surface area (TPSA) is 64.9 Å². The number of imidazole rings is 1. The van der Waals surface area contributed by atoms with E-state index in [1.807, 2.05) is 46.4 Å². The van der Waals surface area contributed by atoms with Gasteiger partial charge in [0, 0.05) is 29.0 Å². The first kappa shape index (κ1) is 17.1. The van der Waals surface area contributed by atoms with Gasteiger partial charge in [-0.2, -0.15) is 0 Å². The number of nitrogens with zero attached hydrogens (tertiary/aromatic N) is 2. The molecular weight excluding hydrogens is 362 g/mol. The van der Waals surface area contributed by atoms with Crippen molar-refractivity contribution in [2.45, 2.75) is 0 Å². The summed E-state index contributed by atoms with van der Waals surface area (Å²) in [5.41, 5.74) is 2.99. The third-order valence-electron chi connectivity index (χ3n) is 4.18. The molecule has 2 heterocycles. The summed E-state index contributed by atoms with van der Waals surface area (Å²) in [7, 11) is 3.09. The fraction of sp³-hybridized carbons (Fsp3) is 0.100. The number of hydrogen-bond acceptors (Lipinski definition) is 5. The van der Waals surface area contributed by atoms with Crippen LogP contribution in [0.3, 0.4) is 0 Å². The molecule has 1 N–H and O–H groups in total. The second-order valence-electron chi connectivity index (χ2n) is 5.82. The summed E-state index contributed by atoms with van der Waals surface area (Å²) in [5.74, 6) is 0.819. The third-order valence-corrected chi connectivity index (χ3v) is 4.95. The lowest BCUT2D eigenvalue weighted by molar-refractivity contribution is 0.102. The van der Waals surface area contributed by atoms with Crippen LogP contribution in [0.4, 0.5) is 5.69 Å². The first-order valence-corrected chi connectivity index (χ1v) is 9.12. The van der Waals surface area contributed by atoms with Gasteiger partial charge in [-0.1, -0.05) is 12.1 Å². The van der Waals surface area contributed by atoms with Crippen molar-refractivity contribution in [2.75, 3.05) is 19.5 Å². The zero-order valence-corrected chi connectivity index (χ0v) is 15.6. The molecule has 0 aliphatic carbocycles. The zero-order chi connectivity index (χ0) is 18.8. The number of fused-ring (bicyclic) bond motifs is 1. The summed E-state index contributed by atoms with van der Waals surface area (Å²) in [4.78, 5) is 18.2. The lowest BCUT2D eigenvalue weighted by Gasteiger charge is -2.11. The fourth-order valence-corrected chi connectivity index (χ4v) is 3.48. The maximum atomic E-state index is 12.6. The van der Waals surface area contributed by atoms with Gasteiger partial charge in [-0.15, -0.1) is 11.3 Å². The van der Waals surface area contributed by atoms with Crippen LogP contribution in [0.15, 0.2) is 60.2 Å². The standard InChI is InChI=1S/C20H17N3O3S/c1-25-15-7-8-18(26-2)16(11-15)19(24)21-14-5-3-13(4-6-14)17-12-23-9-10-27-20(23)22-17/h3-12H,1-2H3,(H,21,24). The molecule has 2 aromatic heterocycles. The molecule has 4 rings (SSSR count). The van der Waals surface area contributed by atoms with E-state index in [2.05, 4.69) is 10.3 Å². The van der Waals surface area contributed by atoms with Crippen LogP contribution in [0, 0.1) is 0 Å². The predicted molar refractivity (Wildman–Crippen MR) is 106 cm³/mol. The van der Waals surface area contributed by atoms with E-state index < -0.39 is 0 Å². The second-order valence-corrected chi connectivity index (χ2v) is 6.69. The van der Waals surface area contributed by atoms with E-state index in [4.69, 9.17) is 9.47 Å². The Morgan fingerprint density at radius 2 is 1.93 bits per heavy atom. The maximum Gasteiger partial charge on any atom is 0.259 e. The molecule has 2 aromatic carbocycles. The van der Waals surface area contributed by atoms with Gasteiger partial charge in [-0.3, -0.25) is 9.20 Å². The first-order chi connectivity index (χ1) is 13.2. The van der Waals surface area contributed by atoms with Crippen LogP contribution in [0.1, 0.15) is 10.4 Å². The van der Waals surface area contributed by atoms with Crippen LogP contribution in [-0.4, -0.2) is 29.5 Å². The summed E-state index contributed by atoms with van der Waals surface area (Å²) in [5, 5.41) is 4.88. The molecule has 4 aromatic rings. The van der Waals surface area contributed by atoms with Crippen molar-refractivity contribution in [1.82, 2.24) is 9.38 Å². The highest BCUT2D eigenvalue weighted by atomic mass is 32.1. The number of carbonyl (C=O) groups is 1. The van der Waals surface area contributed by atoms with Crippen molar-refractivity contribution in [3.05, 3.63) is 65.8 Å². The van der Waals surface area contributed by atoms with Crippen LogP contribution in [-0.2, 0) is 0 Å². The van der Waals surface area contributed by atoms with Gasteiger partial charge in [-0.25, -0.2) is 4.98 Å². The molecule has 6 nitrogen and oxygen atoms in total. The number of anilines is 1. The Morgan fingerprint density at radius 3 is 2.63 bits per heavy atom.